The molecule has 0 bridgehead atoms. The van der Waals surface area contributed by atoms with Gasteiger partial charge in [-0.15, -0.1) is 0 Å². The fourth-order valence-electron chi connectivity index (χ4n) is 1.25. The van der Waals surface area contributed by atoms with E-state index in [0.717, 1.165) is 12.1 Å². The SMILES string of the molecule is CCCC(=O)N[C@H](C)c1ccccn1. The lowest BCUT2D eigenvalue weighted by atomic mass is 10.2. The van der Waals surface area contributed by atoms with Crippen molar-refractivity contribution in [3.8, 4) is 0 Å². The van der Waals surface area contributed by atoms with Gasteiger partial charge < -0.3 is 5.32 Å². The standard InChI is InChI=1S/C11H16N2O/c1-3-6-11(14)13-9(2)10-7-4-5-8-12-10/h4-5,7-9H,3,6H2,1-2H3,(H,13,14)/t9-/m1/s1. The van der Waals surface area contributed by atoms with E-state index in [1.807, 2.05) is 32.0 Å². The number of aromatic nitrogens is 1. The molecular formula is C11H16N2O. The first kappa shape index (κ1) is 10.7. The molecule has 14 heavy (non-hydrogen) atoms. The molecule has 0 fully saturated rings. The first-order chi connectivity index (χ1) is 6.74. The summed E-state index contributed by atoms with van der Waals surface area (Å²) < 4.78 is 0. The smallest absolute Gasteiger partial charge is 0.220 e. The van der Waals surface area contributed by atoms with E-state index < -0.39 is 0 Å². The van der Waals surface area contributed by atoms with Crippen molar-refractivity contribution in [2.24, 2.45) is 0 Å². The summed E-state index contributed by atoms with van der Waals surface area (Å²) in [6.45, 7) is 3.93. The van der Waals surface area contributed by atoms with Crippen molar-refractivity contribution in [2.45, 2.75) is 32.7 Å². The van der Waals surface area contributed by atoms with E-state index in [2.05, 4.69) is 10.3 Å². The van der Waals surface area contributed by atoms with Crippen molar-refractivity contribution in [1.82, 2.24) is 10.3 Å². The fourth-order valence-corrected chi connectivity index (χ4v) is 1.25. The van der Waals surface area contributed by atoms with Crippen molar-refractivity contribution in [3.63, 3.8) is 0 Å². The van der Waals surface area contributed by atoms with E-state index in [4.69, 9.17) is 0 Å². The second kappa shape index (κ2) is 5.37. The number of rotatable bonds is 4. The molecule has 0 saturated heterocycles. The van der Waals surface area contributed by atoms with E-state index in [9.17, 15) is 4.79 Å². The van der Waals surface area contributed by atoms with Crippen LogP contribution < -0.4 is 5.32 Å². The summed E-state index contributed by atoms with van der Waals surface area (Å²) in [7, 11) is 0. The van der Waals surface area contributed by atoms with Crippen molar-refractivity contribution >= 4 is 5.91 Å². The van der Waals surface area contributed by atoms with Crippen LogP contribution in [0.5, 0.6) is 0 Å². The third-order valence-corrected chi connectivity index (χ3v) is 1.99. The molecule has 0 aromatic carbocycles. The molecule has 3 nitrogen and oxygen atoms in total. The highest BCUT2D eigenvalue weighted by Gasteiger charge is 2.08. The van der Waals surface area contributed by atoms with Gasteiger partial charge in [-0.3, -0.25) is 9.78 Å². The number of pyridine rings is 1. The maximum absolute atomic E-state index is 11.3. The number of amides is 1. The summed E-state index contributed by atoms with van der Waals surface area (Å²) in [5.74, 6) is 0.0886. The number of hydrogen-bond donors (Lipinski definition) is 1. The largest absolute Gasteiger partial charge is 0.348 e. The molecule has 3 heteroatoms. The number of carbonyl (C=O) groups excluding carboxylic acids is 1. The van der Waals surface area contributed by atoms with Crippen LogP contribution in [0.25, 0.3) is 0 Å². The van der Waals surface area contributed by atoms with E-state index >= 15 is 0 Å². The summed E-state index contributed by atoms with van der Waals surface area (Å²) in [5, 5.41) is 2.90. The normalized spacial score (nSPS) is 12.1. The van der Waals surface area contributed by atoms with E-state index in [-0.39, 0.29) is 11.9 Å². The molecule has 0 aliphatic heterocycles. The molecule has 0 aliphatic rings. The highest BCUT2D eigenvalue weighted by Crippen LogP contribution is 2.07. The molecule has 0 radical (unpaired) electrons. The third kappa shape index (κ3) is 3.17. The number of carbonyl (C=O) groups is 1. The Morgan fingerprint density at radius 3 is 2.93 bits per heavy atom. The van der Waals surface area contributed by atoms with Crippen LogP contribution in [0.15, 0.2) is 24.4 Å². The van der Waals surface area contributed by atoms with Gasteiger partial charge in [0.25, 0.3) is 0 Å². The van der Waals surface area contributed by atoms with Crippen molar-refractivity contribution in [2.75, 3.05) is 0 Å². The molecule has 1 heterocycles. The zero-order valence-corrected chi connectivity index (χ0v) is 8.66. The maximum Gasteiger partial charge on any atom is 0.220 e. The summed E-state index contributed by atoms with van der Waals surface area (Å²) in [5.41, 5.74) is 0.900. The van der Waals surface area contributed by atoms with Gasteiger partial charge in [-0.1, -0.05) is 13.0 Å². The quantitative estimate of drug-likeness (QED) is 0.793. The van der Waals surface area contributed by atoms with E-state index in [1.165, 1.54) is 0 Å². The van der Waals surface area contributed by atoms with Crippen LogP contribution in [-0.2, 0) is 4.79 Å². The molecule has 0 saturated carbocycles. The minimum atomic E-state index is -0.00440. The monoisotopic (exact) mass is 192 g/mol. The van der Waals surface area contributed by atoms with Gasteiger partial charge in [0.1, 0.15) is 0 Å². The molecular weight excluding hydrogens is 176 g/mol. The van der Waals surface area contributed by atoms with Crippen molar-refractivity contribution < 1.29 is 4.79 Å². The van der Waals surface area contributed by atoms with Gasteiger partial charge >= 0.3 is 0 Å². The van der Waals surface area contributed by atoms with Gasteiger partial charge in [-0.25, -0.2) is 0 Å². The Labute approximate surface area is 84.6 Å². The first-order valence-electron chi connectivity index (χ1n) is 4.94. The average molecular weight is 192 g/mol. The molecule has 1 aromatic rings. The summed E-state index contributed by atoms with van der Waals surface area (Å²) >= 11 is 0. The lowest BCUT2D eigenvalue weighted by Gasteiger charge is -2.12. The van der Waals surface area contributed by atoms with Gasteiger partial charge in [-0.2, -0.15) is 0 Å². The highest BCUT2D eigenvalue weighted by atomic mass is 16.1. The predicted octanol–water partition coefficient (Wildman–Crippen LogP) is 2.06. The molecule has 1 amide bonds. The van der Waals surface area contributed by atoms with Crippen LogP contribution in [0, 0.1) is 0 Å². The van der Waals surface area contributed by atoms with Gasteiger partial charge in [0.2, 0.25) is 5.91 Å². The Hall–Kier alpha value is -1.38. The zero-order valence-electron chi connectivity index (χ0n) is 8.66. The second-order valence-electron chi connectivity index (χ2n) is 3.29. The Morgan fingerprint density at radius 2 is 2.36 bits per heavy atom. The van der Waals surface area contributed by atoms with E-state index in [1.54, 1.807) is 6.20 Å². The van der Waals surface area contributed by atoms with Gasteiger partial charge in [0.05, 0.1) is 11.7 Å². The summed E-state index contributed by atoms with van der Waals surface area (Å²) in [6, 6.07) is 5.70. The zero-order chi connectivity index (χ0) is 10.4. The Balaban J connectivity index is 2.50. The number of nitrogens with one attached hydrogen (secondary N) is 1. The third-order valence-electron chi connectivity index (χ3n) is 1.99. The van der Waals surface area contributed by atoms with E-state index in [0.29, 0.717) is 6.42 Å². The van der Waals surface area contributed by atoms with Crippen LogP contribution in [0.2, 0.25) is 0 Å². The van der Waals surface area contributed by atoms with Crippen LogP contribution in [0.1, 0.15) is 38.4 Å². The second-order valence-corrected chi connectivity index (χ2v) is 3.29. The first-order valence-corrected chi connectivity index (χ1v) is 4.94. The fraction of sp³-hybridized carbons (Fsp3) is 0.455. The maximum atomic E-state index is 11.3. The lowest BCUT2D eigenvalue weighted by molar-refractivity contribution is -0.121. The van der Waals surface area contributed by atoms with Crippen molar-refractivity contribution in [1.29, 1.82) is 0 Å². The molecule has 1 aromatic heterocycles. The Morgan fingerprint density at radius 1 is 1.57 bits per heavy atom. The molecule has 0 spiro atoms. The number of nitrogens with zero attached hydrogens (tertiary/aromatic N) is 1. The molecule has 1 atom stereocenters. The molecule has 1 rings (SSSR count). The minimum Gasteiger partial charge on any atom is -0.348 e. The van der Waals surface area contributed by atoms with Crippen LogP contribution in [0.4, 0.5) is 0 Å². The Kier molecular flexibility index (Phi) is 4.11. The van der Waals surface area contributed by atoms with Crippen LogP contribution in [-0.4, -0.2) is 10.9 Å². The van der Waals surface area contributed by atoms with Crippen LogP contribution in [0.3, 0.4) is 0 Å². The number of hydrogen-bond acceptors (Lipinski definition) is 2. The molecule has 76 valence electrons. The highest BCUT2D eigenvalue weighted by molar-refractivity contribution is 5.76. The lowest BCUT2D eigenvalue weighted by Crippen LogP contribution is -2.26. The van der Waals surface area contributed by atoms with Gasteiger partial charge in [0.15, 0.2) is 0 Å². The predicted molar refractivity (Wildman–Crippen MR) is 55.7 cm³/mol. The van der Waals surface area contributed by atoms with Gasteiger partial charge in [-0.05, 0) is 25.5 Å². The topological polar surface area (TPSA) is 42.0 Å². The molecule has 1 N–H and O–H groups in total. The molecule has 0 unspecified atom stereocenters. The van der Waals surface area contributed by atoms with Crippen molar-refractivity contribution in [3.05, 3.63) is 30.1 Å². The average Bonchev–Trinajstić information content (AvgIpc) is 2.19. The summed E-state index contributed by atoms with van der Waals surface area (Å²) in [4.78, 5) is 15.5. The minimum absolute atomic E-state index is 0.00440. The molecule has 0 aliphatic carbocycles. The van der Waals surface area contributed by atoms with Crippen LogP contribution >= 0.6 is 0 Å². The van der Waals surface area contributed by atoms with Gasteiger partial charge in [0, 0.05) is 12.6 Å². The Bertz CT molecular complexity index is 285. The summed E-state index contributed by atoms with van der Waals surface area (Å²) in [6.07, 6.45) is 3.19.